The standard InChI is InChI=1S/C10H15N3O2S/c1-5-9(14)15-10(13(3)4)11-8-6-7(2)12-16-8/h6H,5H2,1-4H3/b11-10+. The lowest BCUT2D eigenvalue weighted by Crippen LogP contribution is -2.27. The first-order valence-electron chi connectivity index (χ1n) is 4.93. The second-order valence-electron chi connectivity index (χ2n) is 3.42. The van der Waals surface area contributed by atoms with Crippen LogP contribution in [0.1, 0.15) is 19.0 Å². The summed E-state index contributed by atoms with van der Waals surface area (Å²) in [5, 5.41) is 0.727. The molecule has 1 aromatic heterocycles. The fraction of sp³-hybridized carbons (Fsp3) is 0.500. The number of amidine groups is 1. The maximum absolute atomic E-state index is 11.2. The average molecular weight is 241 g/mol. The zero-order valence-electron chi connectivity index (χ0n) is 9.85. The second kappa shape index (κ2) is 5.60. The van der Waals surface area contributed by atoms with Gasteiger partial charge in [-0.25, -0.2) is 0 Å². The predicted molar refractivity (Wildman–Crippen MR) is 64.0 cm³/mol. The van der Waals surface area contributed by atoms with E-state index in [9.17, 15) is 4.79 Å². The van der Waals surface area contributed by atoms with Crippen LogP contribution in [0.25, 0.3) is 0 Å². The number of ether oxygens (including phenoxy) is 1. The van der Waals surface area contributed by atoms with Gasteiger partial charge in [-0.3, -0.25) is 4.79 Å². The van der Waals surface area contributed by atoms with Gasteiger partial charge in [-0.2, -0.15) is 9.37 Å². The van der Waals surface area contributed by atoms with Gasteiger partial charge in [0.1, 0.15) is 5.00 Å². The number of hydrogen-bond acceptors (Lipinski definition) is 5. The van der Waals surface area contributed by atoms with Crippen molar-refractivity contribution < 1.29 is 9.53 Å². The molecule has 0 aliphatic rings. The molecule has 0 fully saturated rings. The van der Waals surface area contributed by atoms with Gasteiger partial charge in [0.25, 0.3) is 0 Å². The molecule has 5 nitrogen and oxygen atoms in total. The van der Waals surface area contributed by atoms with E-state index in [1.807, 2.05) is 13.0 Å². The first-order chi connectivity index (χ1) is 7.52. The Labute approximate surface area is 98.9 Å². The molecule has 16 heavy (non-hydrogen) atoms. The number of rotatable bonds is 2. The molecule has 0 N–H and O–H groups in total. The molecule has 0 saturated heterocycles. The maximum atomic E-state index is 11.2. The second-order valence-corrected chi connectivity index (χ2v) is 4.21. The largest absolute Gasteiger partial charge is 0.392 e. The summed E-state index contributed by atoms with van der Waals surface area (Å²) in [5.74, 6) is -0.298. The van der Waals surface area contributed by atoms with Crippen molar-refractivity contribution in [2.45, 2.75) is 20.3 Å². The van der Waals surface area contributed by atoms with E-state index in [4.69, 9.17) is 4.74 Å². The van der Waals surface area contributed by atoms with Crippen LogP contribution in [-0.4, -0.2) is 35.4 Å². The molecule has 0 aliphatic heterocycles. The quantitative estimate of drug-likeness (QED) is 0.451. The summed E-state index contributed by atoms with van der Waals surface area (Å²) in [5.41, 5.74) is 0.906. The summed E-state index contributed by atoms with van der Waals surface area (Å²) < 4.78 is 9.19. The lowest BCUT2D eigenvalue weighted by atomic mass is 10.5. The highest BCUT2D eigenvalue weighted by Crippen LogP contribution is 2.20. The molecule has 1 heterocycles. The highest BCUT2D eigenvalue weighted by molar-refractivity contribution is 7.09. The van der Waals surface area contributed by atoms with Gasteiger partial charge in [-0.05, 0) is 24.5 Å². The van der Waals surface area contributed by atoms with Crippen molar-refractivity contribution in [2.75, 3.05) is 14.1 Å². The number of hydrogen-bond donors (Lipinski definition) is 0. The fourth-order valence-corrected chi connectivity index (χ4v) is 1.52. The average Bonchev–Trinajstić information content (AvgIpc) is 2.62. The Balaban J connectivity index is 2.85. The van der Waals surface area contributed by atoms with Crippen molar-refractivity contribution >= 4 is 28.5 Å². The monoisotopic (exact) mass is 241 g/mol. The van der Waals surface area contributed by atoms with Crippen LogP contribution in [0.15, 0.2) is 11.1 Å². The lowest BCUT2D eigenvalue weighted by molar-refractivity contribution is -0.135. The van der Waals surface area contributed by atoms with E-state index in [0.717, 1.165) is 10.7 Å². The Morgan fingerprint density at radius 1 is 1.62 bits per heavy atom. The Morgan fingerprint density at radius 2 is 2.31 bits per heavy atom. The summed E-state index contributed by atoms with van der Waals surface area (Å²) in [6, 6.07) is 2.13. The van der Waals surface area contributed by atoms with Crippen LogP contribution in [0.5, 0.6) is 0 Å². The molecular weight excluding hydrogens is 226 g/mol. The highest BCUT2D eigenvalue weighted by Gasteiger charge is 2.10. The van der Waals surface area contributed by atoms with E-state index in [2.05, 4.69) is 9.37 Å². The number of aliphatic imine (C=N–C) groups is 1. The zero-order chi connectivity index (χ0) is 12.1. The third-order valence-corrected chi connectivity index (χ3v) is 2.47. The Bertz CT molecular complexity index is 399. The van der Waals surface area contributed by atoms with Crippen LogP contribution >= 0.6 is 11.5 Å². The summed E-state index contributed by atoms with van der Waals surface area (Å²) in [6.45, 7) is 3.63. The molecule has 1 rings (SSSR count). The summed E-state index contributed by atoms with van der Waals surface area (Å²) in [7, 11) is 3.55. The highest BCUT2D eigenvalue weighted by atomic mass is 32.1. The van der Waals surface area contributed by atoms with Gasteiger partial charge in [-0.15, -0.1) is 0 Å². The van der Waals surface area contributed by atoms with Crippen molar-refractivity contribution in [3.8, 4) is 0 Å². The van der Waals surface area contributed by atoms with Crippen LogP contribution in [0.4, 0.5) is 5.00 Å². The molecular formula is C10H15N3O2S. The van der Waals surface area contributed by atoms with Gasteiger partial charge in [0.2, 0.25) is 0 Å². The molecule has 0 radical (unpaired) electrons. The van der Waals surface area contributed by atoms with Gasteiger partial charge < -0.3 is 9.64 Å². The maximum Gasteiger partial charge on any atom is 0.313 e. The minimum atomic E-state index is -0.298. The van der Waals surface area contributed by atoms with Gasteiger partial charge >= 0.3 is 12.0 Å². The SMILES string of the molecule is CCC(=O)O/C(=N/c1cc(C)ns1)N(C)C. The first kappa shape index (κ1) is 12.6. The van der Waals surface area contributed by atoms with Crippen LogP contribution < -0.4 is 0 Å². The molecule has 0 saturated carbocycles. The number of nitrogens with zero attached hydrogens (tertiary/aromatic N) is 3. The molecule has 1 aromatic rings. The minimum absolute atomic E-state index is 0.288. The third-order valence-electron chi connectivity index (χ3n) is 1.70. The molecule has 0 aliphatic carbocycles. The molecule has 0 unspecified atom stereocenters. The van der Waals surface area contributed by atoms with Crippen molar-refractivity contribution in [3.63, 3.8) is 0 Å². The van der Waals surface area contributed by atoms with E-state index in [1.54, 1.807) is 25.9 Å². The molecule has 0 bridgehead atoms. The molecule has 6 heteroatoms. The van der Waals surface area contributed by atoms with Crippen molar-refractivity contribution in [3.05, 3.63) is 11.8 Å². The number of esters is 1. The number of aromatic nitrogens is 1. The molecule has 0 spiro atoms. The molecule has 0 aromatic carbocycles. The molecule has 0 atom stereocenters. The van der Waals surface area contributed by atoms with E-state index in [1.165, 1.54) is 11.5 Å². The molecule has 88 valence electrons. The van der Waals surface area contributed by atoms with Crippen LogP contribution in [0.3, 0.4) is 0 Å². The summed E-state index contributed by atoms with van der Waals surface area (Å²) >= 11 is 1.27. The smallest absolute Gasteiger partial charge is 0.313 e. The summed E-state index contributed by atoms with van der Waals surface area (Å²) in [4.78, 5) is 17.1. The zero-order valence-corrected chi connectivity index (χ0v) is 10.7. The van der Waals surface area contributed by atoms with E-state index >= 15 is 0 Å². The van der Waals surface area contributed by atoms with Crippen molar-refractivity contribution in [1.29, 1.82) is 0 Å². The van der Waals surface area contributed by atoms with Crippen LogP contribution in [0, 0.1) is 6.92 Å². The van der Waals surface area contributed by atoms with E-state index < -0.39 is 0 Å². The number of aryl methyl sites for hydroxylation is 1. The Morgan fingerprint density at radius 3 is 2.75 bits per heavy atom. The molecule has 0 amide bonds. The van der Waals surface area contributed by atoms with Crippen molar-refractivity contribution in [1.82, 2.24) is 9.27 Å². The lowest BCUT2D eigenvalue weighted by Gasteiger charge is -2.13. The Hall–Kier alpha value is -1.43. The predicted octanol–water partition coefficient (Wildman–Crippen LogP) is 1.95. The summed E-state index contributed by atoms with van der Waals surface area (Å²) in [6.07, 6.45) is 0.328. The van der Waals surface area contributed by atoms with Crippen LogP contribution in [-0.2, 0) is 9.53 Å². The first-order valence-corrected chi connectivity index (χ1v) is 5.70. The van der Waals surface area contributed by atoms with Gasteiger partial charge in [0.15, 0.2) is 0 Å². The van der Waals surface area contributed by atoms with Crippen molar-refractivity contribution in [2.24, 2.45) is 4.99 Å². The fourth-order valence-electron chi connectivity index (χ4n) is 0.885. The number of carbonyl (C=O) groups excluding carboxylic acids is 1. The van der Waals surface area contributed by atoms with Crippen LogP contribution in [0.2, 0.25) is 0 Å². The van der Waals surface area contributed by atoms with Gasteiger partial charge in [0, 0.05) is 20.5 Å². The van der Waals surface area contributed by atoms with Gasteiger partial charge in [0.05, 0.1) is 5.69 Å². The van der Waals surface area contributed by atoms with E-state index in [-0.39, 0.29) is 12.0 Å². The topological polar surface area (TPSA) is 54.8 Å². The van der Waals surface area contributed by atoms with E-state index in [0.29, 0.717) is 6.42 Å². The number of carbonyl (C=O) groups is 1. The Kier molecular flexibility index (Phi) is 4.42. The van der Waals surface area contributed by atoms with Gasteiger partial charge in [-0.1, -0.05) is 6.92 Å². The minimum Gasteiger partial charge on any atom is -0.392 e. The normalized spacial score (nSPS) is 11.4. The third kappa shape index (κ3) is 3.62.